The zero-order valence-electron chi connectivity index (χ0n) is 8.90. The minimum atomic E-state index is 0.0838. The third-order valence-electron chi connectivity index (χ3n) is 2.28. The molecule has 0 bridgehead atoms. The van der Waals surface area contributed by atoms with Gasteiger partial charge in [-0.15, -0.1) is 0 Å². The summed E-state index contributed by atoms with van der Waals surface area (Å²) in [6.45, 7) is 7.14. The van der Waals surface area contributed by atoms with E-state index in [1.54, 1.807) is 4.90 Å². The smallest absolute Gasteiger partial charge is 0.320 e. The molecule has 1 aliphatic rings. The molecule has 2 amide bonds. The van der Waals surface area contributed by atoms with Crippen LogP contribution in [0.2, 0.25) is 0 Å². The Morgan fingerprint density at radius 3 is 2.57 bits per heavy atom. The lowest BCUT2D eigenvalue weighted by Gasteiger charge is -2.19. The summed E-state index contributed by atoms with van der Waals surface area (Å²) in [4.78, 5) is 25.5. The lowest BCUT2D eigenvalue weighted by atomic mass is 10.2. The van der Waals surface area contributed by atoms with E-state index < -0.39 is 0 Å². The van der Waals surface area contributed by atoms with Crippen LogP contribution in [-0.4, -0.2) is 48.3 Å². The largest absolute Gasteiger partial charge is 0.323 e. The Balaban J connectivity index is 2.38. The highest BCUT2D eigenvalue weighted by molar-refractivity contribution is 5.76. The summed E-state index contributed by atoms with van der Waals surface area (Å²) in [6, 6.07) is 0.0838. The van der Waals surface area contributed by atoms with Crippen molar-refractivity contribution in [1.82, 2.24) is 9.80 Å². The Bertz CT molecular complexity index is 216. The summed E-state index contributed by atoms with van der Waals surface area (Å²) in [5.74, 6) is 0.505. The summed E-state index contributed by atoms with van der Waals surface area (Å²) in [7, 11) is 0. The van der Waals surface area contributed by atoms with E-state index in [9.17, 15) is 9.59 Å². The zero-order chi connectivity index (χ0) is 10.6. The van der Waals surface area contributed by atoms with E-state index in [-0.39, 0.29) is 6.03 Å². The number of carbonyl (C=O) groups excluding carboxylic acids is 2. The van der Waals surface area contributed by atoms with Crippen molar-refractivity contribution in [3.05, 3.63) is 0 Å². The number of amides is 2. The Morgan fingerprint density at radius 2 is 2.00 bits per heavy atom. The standard InChI is InChI=1S/C10H18N2O2/c1-9(2)8-12-6-5-11(10(12)14)4-3-7-13/h7,9H,3-6,8H2,1-2H3. The van der Waals surface area contributed by atoms with Crippen molar-refractivity contribution >= 4 is 12.3 Å². The zero-order valence-corrected chi connectivity index (χ0v) is 8.90. The summed E-state index contributed by atoms with van der Waals surface area (Å²) in [6.07, 6.45) is 1.31. The first kappa shape index (κ1) is 11.0. The molecule has 0 aromatic rings. The van der Waals surface area contributed by atoms with Crippen LogP contribution in [-0.2, 0) is 4.79 Å². The van der Waals surface area contributed by atoms with Gasteiger partial charge in [-0.25, -0.2) is 4.79 Å². The lowest BCUT2D eigenvalue weighted by Crippen LogP contribution is -2.34. The molecule has 1 rings (SSSR count). The second-order valence-corrected chi connectivity index (χ2v) is 4.06. The van der Waals surface area contributed by atoms with Crippen LogP contribution < -0.4 is 0 Å². The van der Waals surface area contributed by atoms with Crippen LogP contribution in [0.25, 0.3) is 0 Å². The molecule has 0 atom stereocenters. The number of nitrogens with zero attached hydrogens (tertiary/aromatic N) is 2. The highest BCUT2D eigenvalue weighted by Crippen LogP contribution is 2.10. The third-order valence-corrected chi connectivity index (χ3v) is 2.28. The molecule has 4 heteroatoms. The first-order valence-corrected chi connectivity index (χ1v) is 5.12. The van der Waals surface area contributed by atoms with Crippen molar-refractivity contribution in [2.24, 2.45) is 5.92 Å². The van der Waals surface area contributed by atoms with Crippen LogP contribution in [0.15, 0.2) is 0 Å². The highest BCUT2D eigenvalue weighted by atomic mass is 16.2. The van der Waals surface area contributed by atoms with E-state index in [4.69, 9.17) is 0 Å². The normalized spacial score (nSPS) is 16.9. The van der Waals surface area contributed by atoms with Crippen LogP contribution in [0, 0.1) is 5.92 Å². The van der Waals surface area contributed by atoms with E-state index in [0.717, 1.165) is 25.9 Å². The lowest BCUT2D eigenvalue weighted by molar-refractivity contribution is -0.108. The number of hydrogen-bond donors (Lipinski definition) is 0. The summed E-state index contributed by atoms with van der Waals surface area (Å²) in [5.41, 5.74) is 0. The fraction of sp³-hybridized carbons (Fsp3) is 0.800. The minimum Gasteiger partial charge on any atom is -0.323 e. The van der Waals surface area contributed by atoms with Gasteiger partial charge in [-0.2, -0.15) is 0 Å². The molecular weight excluding hydrogens is 180 g/mol. The quantitative estimate of drug-likeness (QED) is 0.618. The first-order valence-electron chi connectivity index (χ1n) is 5.12. The molecule has 4 nitrogen and oxygen atoms in total. The van der Waals surface area contributed by atoms with Gasteiger partial charge in [-0.1, -0.05) is 13.8 Å². The third kappa shape index (κ3) is 2.72. The summed E-state index contributed by atoms with van der Waals surface area (Å²) >= 11 is 0. The number of aldehydes is 1. The van der Waals surface area contributed by atoms with Gasteiger partial charge in [0.05, 0.1) is 0 Å². The van der Waals surface area contributed by atoms with Gasteiger partial charge in [0, 0.05) is 32.6 Å². The van der Waals surface area contributed by atoms with E-state index in [2.05, 4.69) is 13.8 Å². The minimum absolute atomic E-state index is 0.0838. The van der Waals surface area contributed by atoms with Gasteiger partial charge in [-0.3, -0.25) is 0 Å². The van der Waals surface area contributed by atoms with Gasteiger partial charge in [0.15, 0.2) is 0 Å². The number of rotatable bonds is 5. The molecule has 80 valence electrons. The molecule has 0 spiro atoms. The Hall–Kier alpha value is -1.06. The van der Waals surface area contributed by atoms with Crippen molar-refractivity contribution in [2.75, 3.05) is 26.2 Å². The maximum atomic E-state index is 11.7. The second-order valence-electron chi connectivity index (χ2n) is 4.06. The molecule has 0 unspecified atom stereocenters. The molecule has 0 aliphatic carbocycles. The molecule has 0 saturated carbocycles. The van der Waals surface area contributed by atoms with E-state index in [1.807, 2.05) is 4.90 Å². The van der Waals surface area contributed by atoms with Crippen LogP contribution in [0.1, 0.15) is 20.3 Å². The van der Waals surface area contributed by atoms with E-state index in [1.165, 1.54) is 0 Å². The predicted octanol–water partition coefficient (Wildman–Crippen LogP) is 0.969. The monoisotopic (exact) mass is 198 g/mol. The Morgan fingerprint density at radius 1 is 1.36 bits per heavy atom. The topological polar surface area (TPSA) is 40.6 Å². The SMILES string of the molecule is CC(C)CN1CCN(CCC=O)C1=O. The predicted molar refractivity (Wildman–Crippen MR) is 54.1 cm³/mol. The van der Waals surface area contributed by atoms with Gasteiger partial charge >= 0.3 is 6.03 Å². The second kappa shape index (κ2) is 4.98. The van der Waals surface area contributed by atoms with Crippen LogP contribution in [0.5, 0.6) is 0 Å². The van der Waals surface area contributed by atoms with Gasteiger partial charge in [0.25, 0.3) is 0 Å². The average molecular weight is 198 g/mol. The van der Waals surface area contributed by atoms with Gasteiger partial charge in [-0.05, 0) is 5.92 Å². The first-order chi connectivity index (χ1) is 6.65. The number of urea groups is 1. The molecule has 1 aliphatic heterocycles. The van der Waals surface area contributed by atoms with Crippen molar-refractivity contribution in [2.45, 2.75) is 20.3 Å². The fourth-order valence-electron chi connectivity index (χ4n) is 1.66. The fourth-order valence-corrected chi connectivity index (χ4v) is 1.66. The molecule has 14 heavy (non-hydrogen) atoms. The van der Waals surface area contributed by atoms with Crippen molar-refractivity contribution in [3.8, 4) is 0 Å². The van der Waals surface area contributed by atoms with Gasteiger partial charge < -0.3 is 14.6 Å². The Labute approximate surface area is 84.9 Å². The maximum absolute atomic E-state index is 11.7. The maximum Gasteiger partial charge on any atom is 0.320 e. The Kier molecular flexibility index (Phi) is 3.92. The summed E-state index contributed by atoms with van der Waals surface area (Å²) < 4.78 is 0. The molecule has 0 aromatic carbocycles. The molecule has 1 heterocycles. The van der Waals surface area contributed by atoms with Crippen LogP contribution in [0.3, 0.4) is 0 Å². The average Bonchev–Trinajstić information content (AvgIpc) is 2.45. The van der Waals surface area contributed by atoms with Crippen LogP contribution in [0.4, 0.5) is 4.79 Å². The van der Waals surface area contributed by atoms with Crippen molar-refractivity contribution in [3.63, 3.8) is 0 Å². The van der Waals surface area contributed by atoms with E-state index in [0.29, 0.717) is 18.9 Å². The molecular formula is C10H18N2O2. The highest BCUT2D eigenvalue weighted by Gasteiger charge is 2.27. The molecule has 1 fully saturated rings. The number of hydrogen-bond acceptors (Lipinski definition) is 2. The van der Waals surface area contributed by atoms with Crippen molar-refractivity contribution in [1.29, 1.82) is 0 Å². The number of carbonyl (C=O) groups is 2. The van der Waals surface area contributed by atoms with Gasteiger partial charge in [0.2, 0.25) is 0 Å². The van der Waals surface area contributed by atoms with Gasteiger partial charge in [0.1, 0.15) is 6.29 Å². The molecule has 0 aromatic heterocycles. The summed E-state index contributed by atoms with van der Waals surface area (Å²) in [5, 5.41) is 0. The van der Waals surface area contributed by atoms with E-state index >= 15 is 0 Å². The van der Waals surface area contributed by atoms with Crippen molar-refractivity contribution < 1.29 is 9.59 Å². The molecule has 0 N–H and O–H groups in total. The van der Waals surface area contributed by atoms with Crippen LogP contribution >= 0.6 is 0 Å². The molecule has 0 radical (unpaired) electrons. The molecule has 1 saturated heterocycles.